The van der Waals surface area contributed by atoms with Crippen LogP contribution >= 0.6 is 0 Å². The van der Waals surface area contributed by atoms with Crippen LogP contribution in [0.2, 0.25) is 0 Å². The number of carbonyl (C=O) groups is 1. The number of nitrogens with zero attached hydrogens (tertiary/aromatic N) is 1. The van der Waals surface area contributed by atoms with Crippen molar-refractivity contribution in [2.75, 3.05) is 6.61 Å². The van der Waals surface area contributed by atoms with Crippen LogP contribution in [0.25, 0.3) is 0 Å². The predicted molar refractivity (Wildman–Crippen MR) is 70.2 cm³/mol. The van der Waals surface area contributed by atoms with E-state index in [0.717, 1.165) is 12.8 Å². The van der Waals surface area contributed by atoms with Gasteiger partial charge in [-0.15, -0.1) is 0 Å². The first kappa shape index (κ1) is 17.3. The number of unbranched alkanes of at least 4 members (excludes halogenated alkanes) is 1. The van der Waals surface area contributed by atoms with E-state index >= 15 is 0 Å². The van der Waals surface area contributed by atoms with Crippen LogP contribution < -0.4 is 0 Å². The second-order valence-electron chi connectivity index (χ2n) is 2.94. The van der Waals surface area contributed by atoms with Crippen LogP contribution in [0.1, 0.15) is 19.8 Å². The Bertz CT molecular complexity index is 322. The number of rotatable bonds is 6. The number of hydrogen-bond donors (Lipinski definition) is 0. The van der Waals surface area contributed by atoms with Gasteiger partial charge in [0.05, 0.1) is 18.2 Å². The quantitative estimate of drug-likeness (QED) is 0.232. The fourth-order valence-electron chi connectivity index (χ4n) is 0.654. The highest BCUT2D eigenvalue weighted by molar-refractivity contribution is 5.90. The Morgan fingerprint density at radius 1 is 1.47 bits per heavy atom. The van der Waals surface area contributed by atoms with E-state index in [1.54, 1.807) is 24.3 Å². The standard InChI is InChI=1S/C11H16O2.C3H3N/c1-4-6-8-10(3)11(12)13-9-7-5-2;1-2-3-4/h4,6,8H,1,3,5,7,9H2,2H3;2H,1H2. The molecule has 0 aliphatic carbocycles. The molecule has 3 nitrogen and oxygen atoms in total. The molecule has 0 saturated heterocycles. The maximum atomic E-state index is 11.1. The topological polar surface area (TPSA) is 50.1 Å². The molecule has 0 aromatic carbocycles. The van der Waals surface area contributed by atoms with Crippen LogP contribution in [-0.2, 0) is 9.53 Å². The predicted octanol–water partition coefficient (Wildman–Crippen LogP) is 3.32. The molecule has 0 saturated carbocycles. The van der Waals surface area contributed by atoms with Gasteiger partial charge in [-0.1, -0.05) is 45.2 Å². The summed E-state index contributed by atoms with van der Waals surface area (Å²) < 4.78 is 4.92. The maximum Gasteiger partial charge on any atom is 0.337 e. The minimum Gasteiger partial charge on any atom is -0.462 e. The van der Waals surface area contributed by atoms with Crippen LogP contribution in [0.3, 0.4) is 0 Å². The molecule has 0 unspecified atom stereocenters. The Kier molecular flexibility index (Phi) is 14.2. The number of esters is 1. The summed E-state index contributed by atoms with van der Waals surface area (Å²) in [6.07, 6.45) is 7.92. The summed E-state index contributed by atoms with van der Waals surface area (Å²) in [4.78, 5) is 11.1. The van der Waals surface area contributed by atoms with Crippen LogP contribution in [0.15, 0.2) is 49.6 Å². The normalized spacial score (nSPS) is 8.47. The van der Waals surface area contributed by atoms with Crippen LogP contribution in [0.5, 0.6) is 0 Å². The van der Waals surface area contributed by atoms with Crippen molar-refractivity contribution in [3.05, 3.63) is 49.6 Å². The van der Waals surface area contributed by atoms with Gasteiger partial charge in [-0.2, -0.15) is 5.26 Å². The molecule has 0 atom stereocenters. The first-order valence-electron chi connectivity index (χ1n) is 5.29. The highest BCUT2D eigenvalue weighted by Gasteiger charge is 2.03. The molecule has 3 heteroatoms. The van der Waals surface area contributed by atoms with Gasteiger partial charge in [-0.25, -0.2) is 4.79 Å². The fraction of sp³-hybridized carbons (Fsp3) is 0.286. The van der Waals surface area contributed by atoms with E-state index in [1.165, 1.54) is 6.08 Å². The van der Waals surface area contributed by atoms with Crippen molar-refractivity contribution < 1.29 is 9.53 Å². The average Bonchev–Trinajstić information content (AvgIpc) is 2.36. The van der Waals surface area contributed by atoms with E-state index < -0.39 is 0 Å². The molecule has 0 N–H and O–H groups in total. The van der Waals surface area contributed by atoms with Gasteiger partial charge in [-0.05, 0) is 12.5 Å². The molecular weight excluding hydrogens is 214 g/mol. The minimum atomic E-state index is -0.355. The number of allylic oxidation sites excluding steroid dienone is 3. The zero-order valence-corrected chi connectivity index (χ0v) is 10.3. The maximum absolute atomic E-state index is 11.1. The van der Waals surface area contributed by atoms with Crippen LogP contribution in [0.4, 0.5) is 0 Å². The van der Waals surface area contributed by atoms with E-state index in [2.05, 4.69) is 19.7 Å². The van der Waals surface area contributed by atoms with E-state index in [4.69, 9.17) is 10.00 Å². The summed E-state index contributed by atoms with van der Waals surface area (Å²) in [5.74, 6) is -0.355. The minimum absolute atomic E-state index is 0.355. The summed E-state index contributed by atoms with van der Waals surface area (Å²) in [5, 5.41) is 7.51. The molecule has 0 rings (SSSR count). The van der Waals surface area contributed by atoms with E-state index in [1.807, 2.05) is 6.92 Å². The zero-order valence-electron chi connectivity index (χ0n) is 10.3. The smallest absolute Gasteiger partial charge is 0.337 e. The molecule has 0 aliphatic heterocycles. The third-order valence-electron chi connectivity index (χ3n) is 1.52. The van der Waals surface area contributed by atoms with Crippen molar-refractivity contribution in [1.29, 1.82) is 5.26 Å². The van der Waals surface area contributed by atoms with Crippen molar-refractivity contribution in [3.8, 4) is 6.07 Å². The van der Waals surface area contributed by atoms with E-state index in [-0.39, 0.29) is 5.97 Å². The van der Waals surface area contributed by atoms with Gasteiger partial charge >= 0.3 is 5.97 Å². The van der Waals surface area contributed by atoms with Gasteiger partial charge in [0.2, 0.25) is 0 Å². The monoisotopic (exact) mass is 233 g/mol. The number of nitriles is 1. The first-order chi connectivity index (χ1) is 8.13. The molecule has 0 aliphatic rings. The van der Waals surface area contributed by atoms with Crippen LogP contribution in [-0.4, -0.2) is 12.6 Å². The van der Waals surface area contributed by atoms with Gasteiger partial charge < -0.3 is 4.74 Å². The van der Waals surface area contributed by atoms with Crippen molar-refractivity contribution in [2.45, 2.75) is 19.8 Å². The van der Waals surface area contributed by atoms with Gasteiger partial charge in [0.1, 0.15) is 0 Å². The summed E-state index contributed by atoms with van der Waals surface area (Å²) in [6, 6.07) is 1.69. The molecule has 0 amide bonds. The third-order valence-corrected chi connectivity index (χ3v) is 1.52. The Hall–Kier alpha value is -2.08. The second-order valence-corrected chi connectivity index (χ2v) is 2.94. The highest BCUT2D eigenvalue weighted by Crippen LogP contribution is 1.98. The summed E-state index contributed by atoms with van der Waals surface area (Å²) in [6.45, 7) is 12.7. The highest BCUT2D eigenvalue weighted by atomic mass is 16.5. The zero-order chi connectivity index (χ0) is 13.5. The van der Waals surface area contributed by atoms with E-state index in [9.17, 15) is 4.79 Å². The summed E-state index contributed by atoms with van der Waals surface area (Å²) in [5.41, 5.74) is 0.357. The van der Waals surface area contributed by atoms with Crippen molar-refractivity contribution in [3.63, 3.8) is 0 Å². The van der Waals surface area contributed by atoms with E-state index in [0.29, 0.717) is 12.2 Å². The second kappa shape index (κ2) is 13.9. The lowest BCUT2D eigenvalue weighted by Crippen LogP contribution is -2.06. The van der Waals surface area contributed by atoms with Crippen molar-refractivity contribution in [2.24, 2.45) is 0 Å². The molecule has 0 aromatic heterocycles. The third kappa shape index (κ3) is 13.9. The van der Waals surface area contributed by atoms with Gasteiger partial charge in [0.15, 0.2) is 0 Å². The largest absolute Gasteiger partial charge is 0.462 e. The molecule has 0 bridgehead atoms. The number of carbonyl (C=O) groups excluding carboxylic acids is 1. The first-order valence-corrected chi connectivity index (χ1v) is 5.29. The van der Waals surface area contributed by atoms with Crippen molar-refractivity contribution in [1.82, 2.24) is 0 Å². The number of hydrogen-bond acceptors (Lipinski definition) is 3. The molecule has 0 spiro atoms. The lowest BCUT2D eigenvalue weighted by Gasteiger charge is -2.02. The van der Waals surface area contributed by atoms with Crippen molar-refractivity contribution >= 4 is 5.97 Å². The number of ether oxygens (including phenoxy) is 1. The Morgan fingerprint density at radius 3 is 2.47 bits per heavy atom. The molecule has 0 heterocycles. The summed E-state index contributed by atoms with van der Waals surface area (Å²) in [7, 11) is 0. The molecule has 0 aromatic rings. The molecule has 0 radical (unpaired) electrons. The Morgan fingerprint density at radius 2 is 2.06 bits per heavy atom. The average molecular weight is 233 g/mol. The molecular formula is C14H19NO2. The molecule has 0 fully saturated rings. The van der Waals surface area contributed by atoms with Gasteiger partial charge in [0, 0.05) is 6.08 Å². The SMILES string of the molecule is C=CC#N.C=CC=CC(=C)C(=O)OCCCC. The van der Waals surface area contributed by atoms with Gasteiger partial charge in [0.25, 0.3) is 0 Å². The van der Waals surface area contributed by atoms with Crippen LogP contribution in [0, 0.1) is 11.3 Å². The Balaban J connectivity index is 0. The molecule has 17 heavy (non-hydrogen) atoms. The fourth-order valence-corrected chi connectivity index (χ4v) is 0.654. The lowest BCUT2D eigenvalue weighted by molar-refractivity contribution is -0.138. The van der Waals surface area contributed by atoms with Gasteiger partial charge in [-0.3, -0.25) is 0 Å². The Labute approximate surface area is 103 Å². The molecule has 92 valence electrons. The lowest BCUT2D eigenvalue weighted by atomic mass is 10.3. The summed E-state index contributed by atoms with van der Waals surface area (Å²) >= 11 is 0.